The van der Waals surface area contributed by atoms with Crippen molar-refractivity contribution in [2.45, 2.75) is 6.61 Å². The van der Waals surface area contributed by atoms with Crippen LogP contribution in [0.3, 0.4) is 0 Å². The molecule has 12 heteroatoms. The molecule has 0 saturated heterocycles. The molecule has 46 heavy (non-hydrogen) atoms. The summed E-state index contributed by atoms with van der Waals surface area (Å²) in [5.41, 5.74) is 7.30. The van der Waals surface area contributed by atoms with Crippen LogP contribution in [0.5, 0.6) is 0 Å². The van der Waals surface area contributed by atoms with Crippen LogP contribution in [-0.2, 0) is 16.3 Å². The third kappa shape index (κ3) is 5.11. The zero-order valence-corrected chi connectivity index (χ0v) is 24.0. The summed E-state index contributed by atoms with van der Waals surface area (Å²) in [6.45, 7) is 0.316. The van der Waals surface area contributed by atoms with Gasteiger partial charge in [0, 0.05) is 22.3 Å². The van der Waals surface area contributed by atoms with Crippen molar-refractivity contribution in [1.82, 2.24) is 19.9 Å². The molecule has 0 spiro atoms. The van der Waals surface area contributed by atoms with Crippen LogP contribution in [0.2, 0.25) is 0 Å². The van der Waals surface area contributed by atoms with E-state index in [0.29, 0.717) is 40.8 Å². The van der Waals surface area contributed by atoms with Gasteiger partial charge in [-0.05, 0) is 5.56 Å². The van der Waals surface area contributed by atoms with Crippen LogP contribution in [-0.4, -0.2) is 38.5 Å². The summed E-state index contributed by atoms with van der Waals surface area (Å²) in [4.78, 5) is 27.4. The number of nitrogens with zero attached hydrogens (tertiary/aromatic N) is 10. The van der Waals surface area contributed by atoms with Crippen molar-refractivity contribution in [1.29, 1.82) is 21.0 Å². The first-order valence-electron chi connectivity index (χ1n) is 13.6. The highest BCUT2D eigenvalue weighted by molar-refractivity contribution is 6.23. The van der Waals surface area contributed by atoms with Gasteiger partial charge in [-0.2, -0.15) is 21.0 Å². The van der Waals surface area contributed by atoms with Gasteiger partial charge in [-0.1, -0.05) is 89.2 Å². The van der Waals surface area contributed by atoms with Crippen molar-refractivity contribution >= 4 is 11.4 Å². The van der Waals surface area contributed by atoms with Crippen molar-refractivity contribution in [2.24, 2.45) is 10.3 Å². The number of aromatic nitrogens is 4. The molecule has 0 unspecified atom stereocenters. The Labute approximate surface area is 262 Å². The molecule has 7 rings (SSSR count). The molecule has 0 fully saturated rings. The Morgan fingerprint density at radius 3 is 1.35 bits per heavy atom. The highest BCUT2D eigenvalue weighted by Gasteiger charge is 2.31. The maximum atomic E-state index is 9.23. The van der Waals surface area contributed by atoms with Crippen LogP contribution in [0, 0.1) is 45.3 Å². The van der Waals surface area contributed by atoms with Crippen molar-refractivity contribution in [3.05, 3.63) is 130 Å². The third-order valence-electron chi connectivity index (χ3n) is 6.95. The van der Waals surface area contributed by atoms with Crippen molar-refractivity contribution in [3.63, 3.8) is 0 Å². The maximum absolute atomic E-state index is 9.23. The molecule has 3 aromatic carbocycles. The van der Waals surface area contributed by atoms with Gasteiger partial charge in [0.05, 0.1) is 0 Å². The third-order valence-corrected chi connectivity index (χ3v) is 6.95. The Morgan fingerprint density at radius 2 is 0.913 bits per heavy atom. The summed E-state index contributed by atoms with van der Waals surface area (Å²) in [6, 6.07) is 32.3. The molecule has 0 saturated carbocycles. The van der Waals surface area contributed by atoms with Crippen molar-refractivity contribution < 1.29 is 9.68 Å². The fourth-order valence-electron chi connectivity index (χ4n) is 4.96. The summed E-state index contributed by atoms with van der Waals surface area (Å²) in [7, 11) is 1.44. The molecule has 216 valence electrons. The van der Waals surface area contributed by atoms with E-state index in [2.05, 4.69) is 30.2 Å². The summed E-state index contributed by atoms with van der Waals surface area (Å²) < 4.78 is 0. The van der Waals surface area contributed by atoms with Crippen molar-refractivity contribution in [2.75, 3.05) is 7.11 Å². The lowest BCUT2D eigenvalue weighted by Gasteiger charge is -2.03. The monoisotopic (exact) mass is 598 g/mol. The van der Waals surface area contributed by atoms with Gasteiger partial charge in [0.1, 0.15) is 72.2 Å². The Morgan fingerprint density at radius 1 is 0.522 bits per heavy atom. The topological polar surface area (TPSA) is 190 Å². The highest BCUT2D eigenvalue weighted by atomic mass is 16.6. The second-order valence-corrected chi connectivity index (χ2v) is 9.60. The van der Waals surface area contributed by atoms with E-state index < -0.39 is 0 Å². The van der Waals surface area contributed by atoms with Crippen LogP contribution in [0.25, 0.3) is 22.5 Å². The van der Waals surface area contributed by atoms with Gasteiger partial charge in [-0.15, -0.1) is 0 Å². The molecule has 5 aromatic rings. The van der Waals surface area contributed by atoms with Gasteiger partial charge < -0.3 is 9.68 Å². The molecular formula is C34H18N10O2. The van der Waals surface area contributed by atoms with E-state index in [1.165, 1.54) is 7.11 Å². The predicted molar refractivity (Wildman–Crippen MR) is 163 cm³/mol. The fourth-order valence-corrected chi connectivity index (χ4v) is 4.96. The number of hydrogen-bond donors (Lipinski definition) is 0. The van der Waals surface area contributed by atoms with Crippen LogP contribution in [0.1, 0.15) is 50.9 Å². The normalized spacial score (nSPS) is 13.0. The summed E-state index contributed by atoms with van der Waals surface area (Å²) in [5.74, 6) is 0. The smallest absolute Gasteiger partial charge is 0.177 e. The van der Waals surface area contributed by atoms with E-state index in [-0.39, 0.29) is 22.8 Å². The Hall–Kier alpha value is -7.28. The van der Waals surface area contributed by atoms with Gasteiger partial charge in [0.2, 0.25) is 0 Å². The van der Waals surface area contributed by atoms with Gasteiger partial charge in [0.25, 0.3) is 0 Å². The molecule has 0 bridgehead atoms. The highest BCUT2D eigenvalue weighted by Crippen LogP contribution is 2.36. The largest absolute Gasteiger partial charge is 0.399 e. The van der Waals surface area contributed by atoms with E-state index in [1.54, 1.807) is 0 Å². The van der Waals surface area contributed by atoms with Crippen LogP contribution < -0.4 is 0 Å². The number of nitriles is 4. The van der Waals surface area contributed by atoms with Gasteiger partial charge in [0.15, 0.2) is 22.8 Å². The Kier molecular flexibility index (Phi) is 7.85. The minimum atomic E-state index is -0.0187. The molecule has 2 heterocycles. The SMILES string of the molecule is CON=C1c2ccccc2-c2nc(C#N)c(C#N)nc21.N#Cc1nc2c(nc1C#N)-c1ccccc1C2=NOCc1ccccc1. The molecule has 12 nitrogen and oxygen atoms in total. The molecule has 2 aromatic heterocycles. The standard InChI is InChI=1S/C20H11N5O.C14H7N5O/c21-10-16-17(11-22)24-20-18(23-16)14-8-4-5-9-15(14)19(20)25-26-12-13-6-2-1-3-7-13;1-20-19-13-9-5-3-2-4-8(9)12-14(13)18-11(7-16)10(6-15)17-12/h1-9H,12H2;2-5H,1H3. The quantitative estimate of drug-likeness (QED) is 0.255. The lowest BCUT2D eigenvalue weighted by molar-refractivity contribution is 0.131. The Bertz CT molecular complexity index is 2250. The first kappa shape index (κ1) is 28.8. The van der Waals surface area contributed by atoms with E-state index in [4.69, 9.17) is 20.2 Å². The molecular weight excluding hydrogens is 580 g/mol. The van der Waals surface area contributed by atoms with Crippen LogP contribution in [0.4, 0.5) is 0 Å². The maximum Gasteiger partial charge on any atom is 0.177 e. The fraction of sp³-hybridized carbons (Fsp3) is 0.0588. The molecule has 0 atom stereocenters. The summed E-state index contributed by atoms with van der Waals surface area (Å²) in [5, 5.41) is 44.7. The Balaban J connectivity index is 0.000000167. The summed E-state index contributed by atoms with van der Waals surface area (Å²) >= 11 is 0. The van der Waals surface area contributed by atoms with Gasteiger partial charge in [-0.25, -0.2) is 19.9 Å². The number of rotatable bonds is 4. The average molecular weight is 599 g/mol. The summed E-state index contributed by atoms with van der Waals surface area (Å²) in [6.07, 6.45) is 0. The van der Waals surface area contributed by atoms with Gasteiger partial charge >= 0.3 is 0 Å². The minimum Gasteiger partial charge on any atom is -0.399 e. The first-order chi connectivity index (χ1) is 22.6. The van der Waals surface area contributed by atoms with Gasteiger partial charge in [-0.3, -0.25) is 0 Å². The zero-order chi connectivity index (χ0) is 32.0. The molecule has 2 aliphatic rings. The number of fused-ring (bicyclic) bond motifs is 6. The van der Waals surface area contributed by atoms with E-state index in [1.807, 2.05) is 103 Å². The lowest BCUT2D eigenvalue weighted by Crippen LogP contribution is -2.06. The van der Waals surface area contributed by atoms with E-state index in [0.717, 1.165) is 27.8 Å². The number of oxime groups is 2. The van der Waals surface area contributed by atoms with E-state index in [9.17, 15) is 10.5 Å². The molecule has 0 aliphatic heterocycles. The second-order valence-electron chi connectivity index (χ2n) is 9.60. The first-order valence-corrected chi connectivity index (χ1v) is 13.6. The van der Waals surface area contributed by atoms with Crippen LogP contribution >= 0.6 is 0 Å². The average Bonchev–Trinajstić information content (AvgIpc) is 3.59. The van der Waals surface area contributed by atoms with E-state index >= 15 is 0 Å². The molecule has 2 aliphatic carbocycles. The number of hydrogen-bond acceptors (Lipinski definition) is 12. The predicted octanol–water partition coefficient (Wildman–Crippen LogP) is 4.77. The number of benzene rings is 3. The molecule has 0 N–H and O–H groups in total. The minimum absolute atomic E-state index is 0.00695. The molecule has 0 radical (unpaired) electrons. The van der Waals surface area contributed by atoms with Crippen molar-refractivity contribution in [3.8, 4) is 46.8 Å². The lowest BCUT2D eigenvalue weighted by atomic mass is 10.1. The molecule has 0 amide bonds. The van der Waals surface area contributed by atoms with Crippen LogP contribution in [0.15, 0.2) is 89.2 Å². The zero-order valence-electron chi connectivity index (χ0n) is 24.0. The second kappa shape index (κ2) is 12.5.